The highest BCUT2D eigenvalue weighted by atomic mass is 32.2. The normalized spacial score (nSPS) is 10.8. The number of nitrogens with one attached hydrogen (secondary N) is 2. The summed E-state index contributed by atoms with van der Waals surface area (Å²) in [5, 5.41) is 16.2. The Kier molecular flexibility index (Phi) is 6.96. The van der Waals surface area contributed by atoms with Gasteiger partial charge in [-0.25, -0.2) is 9.78 Å². The van der Waals surface area contributed by atoms with E-state index >= 15 is 0 Å². The van der Waals surface area contributed by atoms with Crippen molar-refractivity contribution in [3.8, 4) is 0 Å². The van der Waals surface area contributed by atoms with E-state index in [2.05, 4.69) is 15.6 Å². The second-order valence-corrected chi connectivity index (χ2v) is 6.49. The molecule has 10 heteroatoms. The highest BCUT2D eigenvalue weighted by Crippen LogP contribution is 2.25. The third kappa shape index (κ3) is 6.41. The van der Waals surface area contributed by atoms with Crippen LogP contribution in [0, 0.1) is 10.1 Å². The topological polar surface area (TPSA) is 123 Å². The van der Waals surface area contributed by atoms with Crippen molar-refractivity contribution >= 4 is 29.4 Å². The van der Waals surface area contributed by atoms with Gasteiger partial charge in [-0.1, -0.05) is 0 Å². The summed E-state index contributed by atoms with van der Waals surface area (Å²) < 4.78 is 5.05. The van der Waals surface area contributed by atoms with Crippen LogP contribution < -0.4 is 10.6 Å². The van der Waals surface area contributed by atoms with E-state index in [-0.39, 0.29) is 29.4 Å². The van der Waals surface area contributed by atoms with Crippen molar-refractivity contribution in [3.63, 3.8) is 0 Å². The monoisotopic (exact) mass is 356 g/mol. The number of nitrogens with zero attached hydrogens (tertiary/aromatic N) is 2. The summed E-state index contributed by atoms with van der Waals surface area (Å²) in [7, 11) is 0. The minimum Gasteiger partial charge on any atom is -0.444 e. The molecule has 1 heterocycles. The minimum atomic E-state index is -0.600. The van der Waals surface area contributed by atoms with Crippen LogP contribution >= 0.6 is 11.8 Å². The first-order valence-electron chi connectivity index (χ1n) is 7.07. The summed E-state index contributed by atoms with van der Waals surface area (Å²) in [6.07, 6.45) is 2.35. The molecular formula is C14H20N4O5S. The van der Waals surface area contributed by atoms with Gasteiger partial charge < -0.3 is 15.4 Å². The maximum atomic E-state index is 12.0. The van der Waals surface area contributed by atoms with Crippen LogP contribution in [-0.2, 0) is 4.74 Å². The average Bonchev–Trinajstić information content (AvgIpc) is 2.48. The van der Waals surface area contributed by atoms with Gasteiger partial charge in [-0.2, -0.15) is 0 Å². The van der Waals surface area contributed by atoms with Gasteiger partial charge in [-0.05, 0) is 27.0 Å². The number of pyridine rings is 1. The molecule has 2 amide bonds. The summed E-state index contributed by atoms with van der Waals surface area (Å²) in [4.78, 5) is 37.7. The molecule has 0 aliphatic carbocycles. The lowest BCUT2D eigenvalue weighted by Gasteiger charge is -2.19. The molecule has 132 valence electrons. The van der Waals surface area contributed by atoms with Crippen LogP contribution in [0.25, 0.3) is 0 Å². The smallest absolute Gasteiger partial charge is 0.407 e. The third-order valence-electron chi connectivity index (χ3n) is 2.56. The average molecular weight is 356 g/mol. The summed E-state index contributed by atoms with van der Waals surface area (Å²) in [6.45, 7) is 5.54. The second-order valence-electron chi connectivity index (χ2n) is 5.69. The molecule has 1 aromatic rings. The van der Waals surface area contributed by atoms with Crippen LogP contribution in [0.5, 0.6) is 0 Å². The zero-order chi connectivity index (χ0) is 18.3. The van der Waals surface area contributed by atoms with Crippen molar-refractivity contribution in [2.45, 2.75) is 31.4 Å². The van der Waals surface area contributed by atoms with Crippen LogP contribution in [-0.4, -0.2) is 46.9 Å². The van der Waals surface area contributed by atoms with Crippen LogP contribution in [0.3, 0.4) is 0 Å². The fourth-order valence-electron chi connectivity index (χ4n) is 1.61. The number of amides is 2. The van der Waals surface area contributed by atoms with Gasteiger partial charge in [-0.3, -0.25) is 14.9 Å². The number of aromatic nitrogens is 1. The number of carbonyl (C=O) groups is 2. The Morgan fingerprint density at radius 2 is 1.96 bits per heavy atom. The molecule has 0 aliphatic heterocycles. The van der Waals surface area contributed by atoms with E-state index < -0.39 is 22.5 Å². The fraction of sp³-hybridized carbons (Fsp3) is 0.500. The van der Waals surface area contributed by atoms with Gasteiger partial charge in [0.2, 0.25) is 0 Å². The predicted molar refractivity (Wildman–Crippen MR) is 89.2 cm³/mol. The molecule has 1 aromatic heterocycles. The van der Waals surface area contributed by atoms with E-state index in [4.69, 9.17) is 4.74 Å². The molecule has 0 radical (unpaired) electrons. The highest BCUT2D eigenvalue weighted by molar-refractivity contribution is 7.98. The van der Waals surface area contributed by atoms with Crippen LogP contribution in [0.4, 0.5) is 10.5 Å². The number of thioether (sulfide) groups is 1. The maximum absolute atomic E-state index is 12.0. The van der Waals surface area contributed by atoms with Gasteiger partial charge in [-0.15, -0.1) is 11.8 Å². The zero-order valence-electron chi connectivity index (χ0n) is 13.9. The number of nitro groups is 1. The molecule has 0 spiro atoms. The molecule has 0 saturated carbocycles. The Bertz CT molecular complexity index is 630. The summed E-state index contributed by atoms with van der Waals surface area (Å²) in [6, 6.07) is 1.18. The molecule has 9 nitrogen and oxygen atoms in total. The molecule has 0 aliphatic rings. The van der Waals surface area contributed by atoms with Gasteiger partial charge in [0, 0.05) is 25.4 Å². The molecule has 1 rings (SSSR count). The highest BCUT2D eigenvalue weighted by Gasteiger charge is 2.19. The minimum absolute atomic E-state index is 0.0803. The van der Waals surface area contributed by atoms with Crippen molar-refractivity contribution in [3.05, 3.63) is 27.9 Å². The molecular weight excluding hydrogens is 336 g/mol. The SMILES string of the molecule is CSc1ncc(C(=O)NCCNC(=O)OC(C)(C)C)cc1[N+](=O)[O-]. The van der Waals surface area contributed by atoms with E-state index in [0.717, 1.165) is 11.8 Å². The predicted octanol–water partition coefficient (Wildman–Crippen LogP) is 1.97. The molecule has 0 atom stereocenters. The van der Waals surface area contributed by atoms with E-state index in [1.54, 1.807) is 27.0 Å². The summed E-state index contributed by atoms with van der Waals surface area (Å²) in [5.41, 5.74) is -0.740. The molecule has 0 fully saturated rings. The summed E-state index contributed by atoms with van der Waals surface area (Å²) >= 11 is 1.13. The third-order valence-corrected chi connectivity index (χ3v) is 3.26. The van der Waals surface area contributed by atoms with E-state index in [9.17, 15) is 19.7 Å². The first kappa shape index (κ1) is 19.7. The van der Waals surface area contributed by atoms with E-state index in [0.29, 0.717) is 0 Å². The lowest BCUT2D eigenvalue weighted by molar-refractivity contribution is -0.388. The zero-order valence-corrected chi connectivity index (χ0v) is 14.7. The van der Waals surface area contributed by atoms with Gasteiger partial charge in [0.1, 0.15) is 5.60 Å². The van der Waals surface area contributed by atoms with Crippen LogP contribution in [0.2, 0.25) is 0 Å². The van der Waals surface area contributed by atoms with Crippen molar-refractivity contribution in [2.24, 2.45) is 0 Å². The Labute approximate surface area is 143 Å². The number of alkyl carbamates (subject to hydrolysis) is 1. The van der Waals surface area contributed by atoms with Gasteiger partial charge >= 0.3 is 11.8 Å². The largest absolute Gasteiger partial charge is 0.444 e. The Morgan fingerprint density at radius 3 is 2.50 bits per heavy atom. The number of carbonyl (C=O) groups excluding carboxylic acids is 2. The van der Waals surface area contributed by atoms with Gasteiger partial charge in [0.15, 0.2) is 5.03 Å². The second kappa shape index (κ2) is 8.48. The molecule has 0 unspecified atom stereocenters. The Morgan fingerprint density at radius 1 is 1.33 bits per heavy atom. The number of hydrogen-bond acceptors (Lipinski definition) is 7. The fourth-order valence-corrected chi connectivity index (χ4v) is 2.11. The lowest BCUT2D eigenvalue weighted by Crippen LogP contribution is -2.37. The quantitative estimate of drug-likeness (QED) is 0.345. The lowest BCUT2D eigenvalue weighted by atomic mass is 10.2. The molecule has 0 aromatic carbocycles. The Balaban J connectivity index is 2.53. The standard InChI is InChI=1S/C14H20N4O5S/c1-14(2,3)23-13(20)16-6-5-15-11(19)9-7-10(18(21)22)12(24-4)17-8-9/h7-8H,5-6H2,1-4H3,(H,15,19)(H,16,20). The van der Waals surface area contributed by atoms with E-state index in [1.165, 1.54) is 12.3 Å². The van der Waals surface area contributed by atoms with Crippen LogP contribution in [0.1, 0.15) is 31.1 Å². The molecule has 2 N–H and O–H groups in total. The first-order chi connectivity index (χ1) is 11.1. The van der Waals surface area contributed by atoms with Crippen molar-refractivity contribution < 1.29 is 19.2 Å². The number of rotatable bonds is 6. The van der Waals surface area contributed by atoms with Crippen molar-refractivity contribution in [1.82, 2.24) is 15.6 Å². The number of ether oxygens (including phenoxy) is 1. The van der Waals surface area contributed by atoms with Crippen molar-refractivity contribution in [2.75, 3.05) is 19.3 Å². The molecule has 0 saturated heterocycles. The number of hydrogen-bond donors (Lipinski definition) is 2. The van der Waals surface area contributed by atoms with Gasteiger partial charge in [0.05, 0.1) is 10.5 Å². The molecule has 24 heavy (non-hydrogen) atoms. The van der Waals surface area contributed by atoms with Gasteiger partial charge in [0.25, 0.3) is 5.91 Å². The maximum Gasteiger partial charge on any atom is 0.407 e. The van der Waals surface area contributed by atoms with E-state index in [1.807, 2.05) is 0 Å². The summed E-state index contributed by atoms with van der Waals surface area (Å²) in [5.74, 6) is -0.510. The van der Waals surface area contributed by atoms with Crippen LogP contribution in [0.15, 0.2) is 17.3 Å². The first-order valence-corrected chi connectivity index (χ1v) is 8.30. The van der Waals surface area contributed by atoms with Crippen molar-refractivity contribution in [1.29, 1.82) is 0 Å². The Hall–Kier alpha value is -2.36. The molecule has 0 bridgehead atoms.